The van der Waals surface area contributed by atoms with Crippen molar-refractivity contribution in [1.82, 2.24) is 9.55 Å². The standard InChI is InChI=1S/C13H22N2S/c1-6-11-9-14-12(15(11)5)7-8-16-10-13(2,3)4/h7-9H,6,10H2,1-5H3. The van der Waals surface area contributed by atoms with Crippen LogP contribution in [0.1, 0.15) is 39.2 Å². The van der Waals surface area contributed by atoms with Crippen molar-refractivity contribution >= 4 is 17.8 Å². The van der Waals surface area contributed by atoms with Gasteiger partial charge in [0.15, 0.2) is 0 Å². The van der Waals surface area contributed by atoms with Crippen LogP contribution in [0.4, 0.5) is 0 Å². The molecule has 0 N–H and O–H groups in total. The van der Waals surface area contributed by atoms with Crippen LogP contribution >= 0.6 is 11.8 Å². The van der Waals surface area contributed by atoms with Crippen LogP contribution in [0.15, 0.2) is 11.6 Å². The minimum absolute atomic E-state index is 0.380. The maximum atomic E-state index is 4.38. The van der Waals surface area contributed by atoms with Crippen molar-refractivity contribution in [3.05, 3.63) is 23.1 Å². The van der Waals surface area contributed by atoms with E-state index in [1.807, 2.05) is 18.0 Å². The molecule has 3 heteroatoms. The summed E-state index contributed by atoms with van der Waals surface area (Å²) in [5, 5.41) is 2.15. The highest BCUT2D eigenvalue weighted by atomic mass is 32.2. The second kappa shape index (κ2) is 5.58. The lowest BCUT2D eigenvalue weighted by molar-refractivity contribution is 0.481. The lowest BCUT2D eigenvalue weighted by Gasteiger charge is -2.15. The molecule has 0 aromatic carbocycles. The van der Waals surface area contributed by atoms with Crippen LogP contribution in [0.2, 0.25) is 0 Å². The molecule has 0 aliphatic rings. The van der Waals surface area contributed by atoms with Gasteiger partial charge < -0.3 is 4.57 Å². The highest BCUT2D eigenvalue weighted by Crippen LogP contribution is 2.21. The Labute approximate surface area is 103 Å². The van der Waals surface area contributed by atoms with Gasteiger partial charge in [-0.15, -0.1) is 11.8 Å². The van der Waals surface area contributed by atoms with E-state index in [1.165, 1.54) is 5.69 Å². The van der Waals surface area contributed by atoms with Crippen molar-refractivity contribution in [3.63, 3.8) is 0 Å². The first-order chi connectivity index (χ1) is 7.44. The number of thioether (sulfide) groups is 1. The summed E-state index contributed by atoms with van der Waals surface area (Å²) in [5.41, 5.74) is 1.66. The normalized spacial score (nSPS) is 12.6. The minimum Gasteiger partial charge on any atom is -0.332 e. The third-order valence-corrected chi connectivity index (χ3v) is 3.67. The molecule has 0 saturated carbocycles. The predicted octanol–water partition coefficient (Wildman–Crippen LogP) is 3.73. The van der Waals surface area contributed by atoms with E-state index in [2.05, 4.69) is 55.8 Å². The largest absolute Gasteiger partial charge is 0.332 e. The Bertz CT molecular complexity index is 358. The minimum atomic E-state index is 0.380. The molecule has 0 saturated heterocycles. The molecule has 0 unspecified atom stereocenters. The molecular weight excluding hydrogens is 216 g/mol. The highest BCUT2D eigenvalue weighted by molar-refractivity contribution is 8.02. The van der Waals surface area contributed by atoms with Gasteiger partial charge >= 0.3 is 0 Å². The molecule has 0 atom stereocenters. The van der Waals surface area contributed by atoms with Gasteiger partial charge in [0.05, 0.1) is 0 Å². The Balaban J connectivity index is 2.53. The summed E-state index contributed by atoms with van der Waals surface area (Å²) in [7, 11) is 2.07. The fraction of sp³-hybridized carbons (Fsp3) is 0.615. The van der Waals surface area contributed by atoms with Crippen molar-refractivity contribution in [2.45, 2.75) is 34.1 Å². The van der Waals surface area contributed by atoms with Gasteiger partial charge in [-0.3, -0.25) is 0 Å². The lowest BCUT2D eigenvalue weighted by atomic mass is 10.0. The van der Waals surface area contributed by atoms with Crippen LogP contribution in [0, 0.1) is 5.41 Å². The van der Waals surface area contributed by atoms with E-state index in [4.69, 9.17) is 0 Å². The molecule has 2 nitrogen and oxygen atoms in total. The smallest absolute Gasteiger partial charge is 0.133 e. The van der Waals surface area contributed by atoms with E-state index in [1.54, 1.807) is 0 Å². The zero-order valence-electron chi connectivity index (χ0n) is 10.9. The molecule has 0 fully saturated rings. The van der Waals surface area contributed by atoms with Gasteiger partial charge in [-0.2, -0.15) is 0 Å². The molecule has 0 aliphatic heterocycles. The predicted molar refractivity (Wildman–Crippen MR) is 73.5 cm³/mol. The summed E-state index contributed by atoms with van der Waals surface area (Å²) >= 11 is 1.85. The third kappa shape index (κ3) is 4.05. The molecule has 0 radical (unpaired) electrons. The maximum absolute atomic E-state index is 4.38. The van der Waals surface area contributed by atoms with Crippen LogP contribution in [0.25, 0.3) is 6.08 Å². The van der Waals surface area contributed by atoms with Gasteiger partial charge in [-0.1, -0.05) is 27.7 Å². The average Bonchev–Trinajstić information content (AvgIpc) is 2.53. The van der Waals surface area contributed by atoms with Crippen LogP contribution in [0.5, 0.6) is 0 Å². The van der Waals surface area contributed by atoms with Crippen molar-refractivity contribution in [2.24, 2.45) is 12.5 Å². The number of rotatable bonds is 4. The fourth-order valence-electron chi connectivity index (χ4n) is 1.35. The molecule has 1 aromatic rings. The number of nitrogens with zero attached hydrogens (tertiary/aromatic N) is 2. The van der Waals surface area contributed by atoms with Crippen molar-refractivity contribution < 1.29 is 0 Å². The quantitative estimate of drug-likeness (QED) is 0.795. The molecule has 90 valence electrons. The summed E-state index contributed by atoms with van der Waals surface area (Å²) in [6.45, 7) is 8.91. The fourth-order valence-corrected chi connectivity index (χ4v) is 2.17. The highest BCUT2D eigenvalue weighted by Gasteiger charge is 2.08. The summed E-state index contributed by atoms with van der Waals surface area (Å²) < 4.78 is 2.15. The Morgan fingerprint density at radius 1 is 1.44 bits per heavy atom. The Morgan fingerprint density at radius 3 is 2.62 bits per heavy atom. The summed E-state index contributed by atoms with van der Waals surface area (Å²) in [4.78, 5) is 4.38. The molecule has 0 bridgehead atoms. The Kier molecular flexibility index (Phi) is 4.66. The lowest BCUT2D eigenvalue weighted by Crippen LogP contribution is -2.07. The number of hydrogen-bond acceptors (Lipinski definition) is 2. The zero-order valence-corrected chi connectivity index (χ0v) is 11.8. The molecule has 16 heavy (non-hydrogen) atoms. The average molecular weight is 238 g/mol. The summed E-state index contributed by atoms with van der Waals surface area (Å²) in [5.74, 6) is 2.17. The van der Waals surface area contributed by atoms with E-state index in [0.29, 0.717) is 5.41 Å². The maximum Gasteiger partial charge on any atom is 0.133 e. The number of imidazole rings is 1. The van der Waals surface area contributed by atoms with Crippen molar-refractivity contribution in [2.75, 3.05) is 5.75 Å². The summed E-state index contributed by atoms with van der Waals surface area (Å²) in [6.07, 6.45) is 5.08. The summed E-state index contributed by atoms with van der Waals surface area (Å²) in [6, 6.07) is 0. The second-order valence-corrected chi connectivity index (χ2v) is 6.09. The van der Waals surface area contributed by atoms with E-state index in [9.17, 15) is 0 Å². The molecular formula is C13H22N2S. The topological polar surface area (TPSA) is 17.8 Å². The first kappa shape index (κ1) is 13.4. The van der Waals surface area contributed by atoms with Crippen molar-refractivity contribution in [1.29, 1.82) is 0 Å². The third-order valence-electron chi connectivity index (χ3n) is 2.31. The van der Waals surface area contributed by atoms with E-state index >= 15 is 0 Å². The van der Waals surface area contributed by atoms with Crippen LogP contribution in [-0.4, -0.2) is 15.3 Å². The zero-order chi connectivity index (χ0) is 12.2. The SMILES string of the molecule is CCc1cnc(C=CSCC(C)(C)C)n1C. The van der Waals surface area contributed by atoms with Gasteiger partial charge in [0.1, 0.15) is 5.82 Å². The van der Waals surface area contributed by atoms with Crippen LogP contribution in [0.3, 0.4) is 0 Å². The molecule has 0 amide bonds. The molecule has 0 aliphatic carbocycles. The number of hydrogen-bond donors (Lipinski definition) is 0. The molecule has 1 aromatic heterocycles. The number of aryl methyl sites for hydroxylation is 1. The van der Waals surface area contributed by atoms with Crippen molar-refractivity contribution in [3.8, 4) is 0 Å². The van der Waals surface area contributed by atoms with Crippen LogP contribution in [-0.2, 0) is 13.5 Å². The molecule has 0 spiro atoms. The van der Waals surface area contributed by atoms with E-state index < -0.39 is 0 Å². The van der Waals surface area contributed by atoms with Gasteiger partial charge in [0, 0.05) is 24.7 Å². The first-order valence-electron chi connectivity index (χ1n) is 5.73. The molecule has 1 heterocycles. The van der Waals surface area contributed by atoms with E-state index in [0.717, 1.165) is 18.0 Å². The second-order valence-electron chi connectivity index (χ2n) is 5.19. The Hall–Kier alpha value is -0.700. The van der Waals surface area contributed by atoms with E-state index in [-0.39, 0.29) is 0 Å². The first-order valence-corrected chi connectivity index (χ1v) is 6.77. The van der Waals surface area contributed by atoms with Crippen LogP contribution < -0.4 is 0 Å². The van der Waals surface area contributed by atoms with Gasteiger partial charge in [-0.25, -0.2) is 4.98 Å². The molecule has 1 rings (SSSR count). The van der Waals surface area contributed by atoms with Gasteiger partial charge in [0.25, 0.3) is 0 Å². The monoisotopic (exact) mass is 238 g/mol. The Morgan fingerprint density at radius 2 is 2.12 bits per heavy atom. The van der Waals surface area contributed by atoms with Gasteiger partial charge in [-0.05, 0) is 23.3 Å². The van der Waals surface area contributed by atoms with Gasteiger partial charge in [0.2, 0.25) is 0 Å². The number of aromatic nitrogens is 2.